The number of benzene rings is 2. The average molecular weight is 401 g/mol. The van der Waals surface area contributed by atoms with Crippen LogP contribution in [0.25, 0.3) is 0 Å². The number of amides is 1. The van der Waals surface area contributed by atoms with Crippen LogP contribution in [0.4, 0.5) is 0 Å². The van der Waals surface area contributed by atoms with E-state index in [1.54, 1.807) is 0 Å². The summed E-state index contributed by atoms with van der Waals surface area (Å²) in [5.41, 5.74) is 8.93. The van der Waals surface area contributed by atoms with Crippen molar-refractivity contribution in [3.8, 4) is 5.75 Å². The maximum Gasteiger partial charge on any atom is 0.250 e. The number of nitrogens with zero attached hydrogens (tertiary/aromatic N) is 1. The fourth-order valence-electron chi connectivity index (χ4n) is 4.31. The minimum absolute atomic E-state index is 0.273. The van der Waals surface area contributed by atoms with Crippen LogP contribution in [0.2, 0.25) is 0 Å². The van der Waals surface area contributed by atoms with E-state index in [4.69, 9.17) is 22.1 Å². The van der Waals surface area contributed by atoms with E-state index in [-0.39, 0.29) is 6.04 Å². The number of rotatable bonds is 6. The summed E-state index contributed by atoms with van der Waals surface area (Å²) in [5, 5.41) is 11.1. The van der Waals surface area contributed by atoms with Gasteiger partial charge in [-0.1, -0.05) is 48.0 Å². The van der Waals surface area contributed by atoms with Crippen molar-refractivity contribution in [1.29, 1.82) is 0 Å². The van der Waals surface area contributed by atoms with Gasteiger partial charge in [0.05, 0.1) is 12.7 Å². The lowest BCUT2D eigenvalue weighted by Gasteiger charge is -2.40. The summed E-state index contributed by atoms with van der Waals surface area (Å²) in [6.45, 7) is 1.23. The normalized spacial score (nSPS) is 21.7. The van der Waals surface area contributed by atoms with Crippen molar-refractivity contribution in [1.82, 2.24) is 4.90 Å². The largest absolute Gasteiger partial charge is 0.493 e. The van der Waals surface area contributed by atoms with Crippen LogP contribution in [0.15, 0.2) is 42.5 Å². The SMILES string of the molecule is NC(=O)C(Cl)N(CCc1ccccc1)[C@H]1CCc2cc3c(cc2[C@@H]1O)OCC3. The molecule has 2 aliphatic rings. The Hall–Kier alpha value is -2.08. The molecule has 6 heteroatoms. The van der Waals surface area contributed by atoms with E-state index >= 15 is 0 Å². The summed E-state index contributed by atoms with van der Waals surface area (Å²) in [6, 6.07) is 13.9. The number of aliphatic hydroxyl groups excluding tert-OH is 1. The minimum Gasteiger partial charge on any atom is -0.493 e. The molecule has 0 saturated carbocycles. The molecular formula is C22H25ClN2O3. The Labute approximate surface area is 170 Å². The number of carbonyl (C=O) groups is 1. The molecule has 1 unspecified atom stereocenters. The number of carbonyl (C=O) groups excluding carboxylic acids is 1. The quantitative estimate of drug-likeness (QED) is 0.577. The fourth-order valence-corrected chi connectivity index (χ4v) is 4.56. The molecule has 5 nitrogen and oxygen atoms in total. The highest BCUT2D eigenvalue weighted by Crippen LogP contribution is 2.39. The van der Waals surface area contributed by atoms with Crippen LogP contribution >= 0.6 is 11.6 Å². The van der Waals surface area contributed by atoms with Crippen LogP contribution in [0.3, 0.4) is 0 Å². The van der Waals surface area contributed by atoms with Gasteiger partial charge in [-0.05, 0) is 47.6 Å². The van der Waals surface area contributed by atoms with Gasteiger partial charge < -0.3 is 15.6 Å². The third-order valence-electron chi connectivity index (χ3n) is 5.80. The molecule has 1 aliphatic heterocycles. The first-order valence-electron chi connectivity index (χ1n) is 9.74. The molecule has 0 spiro atoms. The highest BCUT2D eigenvalue weighted by molar-refractivity contribution is 6.30. The first-order valence-corrected chi connectivity index (χ1v) is 10.2. The number of fused-ring (bicyclic) bond motifs is 2. The number of hydrogen-bond donors (Lipinski definition) is 2. The molecule has 0 saturated heterocycles. The van der Waals surface area contributed by atoms with Crippen LogP contribution in [0.1, 0.15) is 34.8 Å². The van der Waals surface area contributed by atoms with Gasteiger partial charge >= 0.3 is 0 Å². The molecule has 1 amide bonds. The van der Waals surface area contributed by atoms with E-state index < -0.39 is 17.5 Å². The summed E-state index contributed by atoms with van der Waals surface area (Å²) in [6.07, 6.45) is 2.44. The van der Waals surface area contributed by atoms with E-state index in [2.05, 4.69) is 6.07 Å². The van der Waals surface area contributed by atoms with E-state index in [1.165, 1.54) is 5.56 Å². The number of alkyl halides is 1. The molecule has 4 rings (SSSR count). The van der Waals surface area contributed by atoms with Crippen LogP contribution < -0.4 is 10.5 Å². The Morgan fingerprint density at radius 3 is 2.79 bits per heavy atom. The van der Waals surface area contributed by atoms with Crippen LogP contribution in [-0.2, 0) is 24.1 Å². The standard InChI is InChI=1S/C22H25ClN2O3/c23-21(22(24)27)25(10-8-14-4-2-1-3-5-14)18-7-6-15-12-16-9-11-28-19(16)13-17(15)20(18)26/h1-5,12-13,18,20-21,26H,6-11H2,(H2,24,27)/t18-,20-,21?/m0/s1. The second kappa shape index (κ2) is 8.11. The average Bonchev–Trinajstić information content (AvgIpc) is 3.16. The molecule has 148 valence electrons. The van der Waals surface area contributed by atoms with Crippen LogP contribution in [0, 0.1) is 0 Å². The summed E-state index contributed by atoms with van der Waals surface area (Å²) >= 11 is 6.38. The molecule has 0 aromatic heterocycles. The molecule has 2 aromatic carbocycles. The Balaban J connectivity index is 1.58. The van der Waals surface area contributed by atoms with Crippen molar-refractivity contribution in [2.24, 2.45) is 5.73 Å². The van der Waals surface area contributed by atoms with Gasteiger partial charge in [0.25, 0.3) is 0 Å². The molecule has 1 heterocycles. The highest BCUT2D eigenvalue weighted by Gasteiger charge is 2.37. The van der Waals surface area contributed by atoms with Gasteiger partial charge in [-0.25, -0.2) is 0 Å². The molecular weight excluding hydrogens is 376 g/mol. The van der Waals surface area contributed by atoms with Gasteiger partial charge in [-0.3, -0.25) is 9.69 Å². The number of hydrogen-bond acceptors (Lipinski definition) is 4. The second-order valence-corrected chi connectivity index (χ2v) is 7.93. The van der Waals surface area contributed by atoms with Gasteiger partial charge in [0, 0.05) is 19.0 Å². The van der Waals surface area contributed by atoms with E-state index in [0.29, 0.717) is 13.2 Å². The van der Waals surface area contributed by atoms with Crippen molar-refractivity contribution >= 4 is 17.5 Å². The minimum atomic E-state index is -0.962. The Morgan fingerprint density at radius 2 is 2.04 bits per heavy atom. The van der Waals surface area contributed by atoms with Crippen molar-refractivity contribution in [3.05, 3.63) is 64.7 Å². The maximum absolute atomic E-state index is 11.8. The first-order chi connectivity index (χ1) is 13.5. The topological polar surface area (TPSA) is 75.8 Å². The monoisotopic (exact) mass is 400 g/mol. The lowest BCUT2D eigenvalue weighted by atomic mass is 9.83. The predicted octanol–water partition coefficient (Wildman–Crippen LogP) is 2.56. The third-order valence-corrected chi connectivity index (χ3v) is 6.26. The summed E-state index contributed by atoms with van der Waals surface area (Å²) in [5.74, 6) is 0.261. The Bertz CT molecular complexity index is 858. The molecule has 3 atom stereocenters. The van der Waals surface area contributed by atoms with Crippen molar-refractivity contribution in [2.45, 2.75) is 43.3 Å². The molecule has 28 heavy (non-hydrogen) atoms. The zero-order chi connectivity index (χ0) is 19.7. The predicted molar refractivity (Wildman–Crippen MR) is 108 cm³/mol. The summed E-state index contributed by atoms with van der Waals surface area (Å²) in [4.78, 5) is 13.7. The lowest BCUT2D eigenvalue weighted by molar-refractivity contribution is -0.122. The molecule has 0 bridgehead atoms. The van der Waals surface area contributed by atoms with Gasteiger partial charge in [-0.2, -0.15) is 0 Å². The Kier molecular flexibility index (Phi) is 5.58. The highest BCUT2D eigenvalue weighted by atomic mass is 35.5. The van der Waals surface area contributed by atoms with Gasteiger partial charge in [0.15, 0.2) is 5.50 Å². The second-order valence-electron chi connectivity index (χ2n) is 7.52. The smallest absolute Gasteiger partial charge is 0.250 e. The van der Waals surface area contributed by atoms with E-state index in [9.17, 15) is 9.90 Å². The number of aryl methyl sites for hydroxylation is 1. The molecule has 0 fully saturated rings. The van der Waals surface area contributed by atoms with Crippen molar-refractivity contribution < 1.29 is 14.6 Å². The van der Waals surface area contributed by atoms with Crippen molar-refractivity contribution in [3.63, 3.8) is 0 Å². The molecule has 3 N–H and O–H groups in total. The molecule has 0 radical (unpaired) electrons. The van der Waals surface area contributed by atoms with E-state index in [0.717, 1.165) is 48.1 Å². The number of nitrogens with two attached hydrogens (primary N) is 1. The molecule has 2 aromatic rings. The number of aliphatic hydroxyl groups is 1. The number of primary amides is 1. The zero-order valence-corrected chi connectivity index (χ0v) is 16.4. The van der Waals surface area contributed by atoms with Gasteiger partial charge in [-0.15, -0.1) is 0 Å². The van der Waals surface area contributed by atoms with Crippen LogP contribution in [-0.4, -0.2) is 40.6 Å². The number of ether oxygens (including phenoxy) is 1. The molecule has 1 aliphatic carbocycles. The van der Waals surface area contributed by atoms with Gasteiger partial charge in [0.2, 0.25) is 5.91 Å². The van der Waals surface area contributed by atoms with Gasteiger partial charge in [0.1, 0.15) is 5.75 Å². The fraction of sp³-hybridized carbons (Fsp3) is 0.409. The zero-order valence-electron chi connectivity index (χ0n) is 15.7. The first kappa shape index (κ1) is 19.2. The van der Waals surface area contributed by atoms with Crippen LogP contribution in [0.5, 0.6) is 5.75 Å². The van der Waals surface area contributed by atoms with E-state index in [1.807, 2.05) is 41.3 Å². The number of halogens is 1. The third kappa shape index (κ3) is 3.75. The maximum atomic E-state index is 11.8. The van der Waals surface area contributed by atoms with Crippen molar-refractivity contribution in [2.75, 3.05) is 13.2 Å². The lowest BCUT2D eigenvalue weighted by Crippen LogP contribution is -2.51. The summed E-state index contributed by atoms with van der Waals surface area (Å²) in [7, 11) is 0. The Morgan fingerprint density at radius 1 is 1.25 bits per heavy atom. The summed E-state index contributed by atoms with van der Waals surface area (Å²) < 4.78 is 5.67.